The van der Waals surface area contributed by atoms with E-state index in [1.54, 1.807) is 0 Å². The number of anilines is 2. The number of nitrogens with zero attached hydrogens (tertiary/aromatic N) is 2. The van der Waals surface area contributed by atoms with Gasteiger partial charge in [-0.15, -0.1) is 0 Å². The van der Waals surface area contributed by atoms with Gasteiger partial charge in [0.25, 0.3) is 0 Å². The molecule has 0 aromatic carbocycles. The lowest BCUT2D eigenvalue weighted by Gasteiger charge is -2.15. The third-order valence-corrected chi connectivity index (χ3v) is 4.81. The lowest BCUT2D eigenvalue weighted by molar-refractivity contribution is 0.748. The van der Waals surface area contributed by atoms with Crippen LogP contribution in [0.5, 0.6) is 0 Å². The number of hydrogen-bond donors (Lipinski definition) is 2. The molecule has 2 unspecified atom stereocenters. The van der Waals surface area contributed by atoms with Crippen molar-refractivity contribution in [1.82, 2.24) is 9.97 Å². The Labute approximate surface area is 126 Å². The molecular formula is C15H26N4S. The Bertz CT molecular complexity index is 424. The fourth-order valence-corrected chi connectivity index (χ4v) is 3.36. The lowest BCUT2D eigenvalue weighted by Crippen LogP contribution is -2.18. The molecular weight excluding hydrogens is 268 g/mol. The third-order valence-electron chi connectivity index (χ3n) is 3.71. The minimum Gasteiger partial charge on any atom is -0.370 e. The second kappa shape index (κ2) is 7.72. The second-order valence-electron chi connectivity index (χ2n) is 5.35. The van der Waals surface area contributed by atoms with E-state index in [-0.39, 0.29) is 0 Å². The van der Waals surface area contributed by atoms with Crippen LogP contribution in [0, 0.1) is 0 Å². The van der Waals surface area contributed by atoms with Crippen molar-refractivity contribution in [3.63, 3.8) is 0 Å². The van der Waals surface area contributed by atoms with Gasteiger partial charge >= 0.3 is 0 Å². The quantitative estimate of drug-likeness (QED) is 0.805. The maximum Gasteiger partial charge on any atom is 0.132 e. The molecule has 4 nitrogen and oxygen atoms in total. The molecule has 2 atom stereocenters. The summed E-state index contributed by atoms with van der Waals surface area (Å²) in [6.07, 6.45) is 7.98. The van der Waals surface area contributed by atoms with Crippen molar-refractivity contribution < 1.29 is 0 Å². The van der Waals surface area contributed by atoms with Gasteiger partial charge in [0.2, 0.25) is 0 Å². The molecule has 112 valence electrons. The van der Waals surface area contributed by atoms with Gasteiger partial charge in [-0.25, -0.2) is 9.97 Å². The first-order chi connectivity index (χ1) is 9.75. The van der Waals surface area contributed by atoms with Crippen LogP contribution in [0.15, 0.2) is 6.07 Å². The molecule has 5 heteroatoms. The molecule has 0 bridgehead atoms. The molecule has 1 heterocycles. The van der Waals surface area contributed by atoms with E-state index in [4.69, 9.17) is 0 Å². The molecule has 0 radical (unpaired) electrons. The molecule has 20 heavy (non-hydrogen) atoms. The molecule has 0 amide bonds. The topological polar surface area (TPSA) is 49.8 Å². The standard InChI is InChI=1S/C15H26N4S/c1-4-8-16-14-10-15(19-13(5-2)18-14)17-11-6-7-12(9-11)20-3/h10-12H,4-9H2,1-3H3,(H2,16,17,18,19). The van der Waals surface area contributed by atoms with Gasteiger partial charge < -0.3 is 10.6 Å². The number of hydrogen-bond acceptors (Lipinski definition) is 5. The monoisotopic (exact) mass is 294 g/mol. The van der Waals surface area contributed by atoms with Crippen LogP contribution < -0.4 is 10.6 Å². The Morgan fingerprint density at radius 2 is 2.05 bits per heavy atom. The Morgan fingerprint density at radius 1 is 1.25 bits per heavy atom. The van der Waals surface area contributed by atoms with Gasteiger partial charge in [0.15, 0.2) is 0 Å². The van der Waals surface area contributed by atoms with Crippen LogP contribution in [-0.2, 0) is 6.42 Å². The average Bonchev–Trinajstić information content (AvgIpc) is 2.92. The Morgan fingerprint density at radius 3 is 2.70 bits per heavy atom. The maximum absolute atomic E-state index is 4.61. The fourth-order valence-electron chi connectivity index (χ4n) is 2.57. The Hall–Kier alpha value is -0.970. The van der Waals surface area contributed by atoms with E-state index in [0.29, 0.717) is 6.04 Å². The molecule has 0 saturated heterocycles. The van der Waals surface area contributed by atoms with Gasteiger partial charge in [-0.3, -0.25) is 0 Å². The van der Waals surface area contributed by atoms with Crippen molar-refractivity contribution in [1.29, 1.82) is 0 Å². The number of aromatic nitrogens is 2. The van der Waals surface area contributed by atoms with Gasteiger partial charge in [0.05, 0.1) is 0 Å². The molecule has 1 aromatic heterocycles. The van der Waals surface area contributed by atoms with Crippen molar-refractivity contribution >= 4 is 23.4 Å². The summed E-state index contributed by atoms with van der Waals surface area (Å²) in [5.41, 5.74) is 0. The SMILES string of the molecule is CCCNc1cc(NC2CCC(SC)C2)nc(CC)n1. The van der Waals surface area contributed by atoms with E-state index in [1.165, 1.54) is 19.3 Å². The number of nitrogens with one attached hydrogen (secondary N) is 2. The van der Waals surface area contributed by atoms with E-state index < -0.39 is 0 Å². The molecule has 0 spiro atoms. The molecule has 2 N–H and O–H groups in total. The summed E-state index contributed by atoms with van der Waals surface area (Å²) in [6, 6.07) is 2.60. The molecule has 1 aliphatic carbocycles. The molecule has 1 saturated carbocycles. The molecule has 1 fully saturated rings. The van der Waals surface area contributed by atoms with Crippen LogP contribution in [-0.4, -0.2) is 34.1 Å². The van der Waals surface area contributed by atoms with Crippen LogP contribution in [0.2, 0.25) is 0 Å². The first kappa shape index (κ1) is 15.4. The van der Waals surface area contributed by atoms with E-state index in [1.807, 2.05) is 17.8 Å². The summed E-state index contributed by atoms with van der Waals surface area (Å²) in [7, 11) is 0. The summed E-state index contributed by atoms with van der Waals surface area (Å²) in [6.45, 7) is 5.22. The largest absolute Gasteiger partial charge is 0.370 e. The van der Waals surface area contributed by atoms with Crippen molar-refractivity contribution in [3.05, 3.63) is 11.9 Å². The van der Waals surface area contributed by atoms with Crippen LogP contribution in [0.3, 0.4) is 0 Å². The normalized spacial score (nSPS) is 21.9. The third kappa shape index (κ3) is 4.27. The highest BCUT2D eigenvalue weighted by molar-refractivity contribution is 7.99. The summed E-state index contributed by atoms with van der Waals surface area (Å²) in [4.78, 5) is 9.13. The fraction of sp³-hybridized carbons (Fsp3) is 0.733. The minimum atomic E-state index is 0.561. The van der Waals surface area contributed by atoms with Crippen molar-refractivity contribution in [2.45, 2.75) is 57.2 Å². The second-order valence-corrected chi connectivity index (χ2v) is 6.49. The van der Waals surface area contributed by atoms with Crippen LogP contribution in [0.25, 0.3) is 0 Å². The zero-order chi connectivity index (χ0) is 14.4. The smallest absolute Gasteiger partial charge is 0.132 e. The van der Waals surface area contributed by atoms with Crippen LogP contribution in [0.4, 0.5) is 11.6 Å². The molecule has 0 aliphatic heterocycles. The number of thioether (sulfide) groups is 1. The zero-order valence-corrected chi connectivity index (χ0v) is 13.6. The highest BCUT2D eigenvalue weighted by atomic mass is 32.2. The van der Waals surface area contributed by atoms with Gasteiger partial charge in [-0.05, 0) is 31.9 Å². The maximum atomic E-state index is 4.61. The molecule has 2 rings (SSSR count). The predicted octanol–water partition coefficient (Wildman–Crippen LogP) is 3.56. The van der Waals surface area contributed by atoms with Gasteiger partial charge in [-0.1, -0.05) is 13.8 Å². The molecule has 1 aromatic rings. The summed E-state index contributed by atoms with van der Waals surface area (Å²) < 4.78 is 0. The summed E-state index contributed by atoms with van der Waals surface area (Å²) in [5.74, 6) is 2.83. The van der Waals surface area contributed by atoms with E-state index >= 15 is 0 Å². The van der Waals surface area contributed by atoms with Crippen LogP contribution >= 0.6 is 11.8 Å². The van der Waals surface area contributed by atoms with Crippen LogP contribution in [0.1, 0.15) is 45.4 Å². The van der Waals surface area contributed by atoms with E-state index in [9.17, 15) is 0 Å². The summed E-state index contributed by atoms with van der Waals surface area (Å²) in [5, 5.41) is 7.75. The average molecular weight is 294 g/mol. The van der Waals surface area contributed by atoms with Crippen molar-refractivity contribution in [2.24, 2.45) is 0 Å². The van der Waals surface area contributed by atoms with Gasteiger partial charge in [0, 0.05) is 30.3 Å². The van der Waals surface area contributed by atoms with Crippen molar-refractivity contribution in [2.75, 3.05) is 23.4 Å². The zero-order valence-electron chi connectivity index (χ0n) is 12.8. The van der Waals surface area contributed by atoms with E-state index in [2.05, 4.69) is 40.7 Å². The van der Waals surface area contributed by atoms with Gasteiger partial charge in [-0.2, -0.15) is 11.8 Å². The first-order valence-corrected chi connectivity index (χ1v) is 8.95. The summed E-state index contributed by atoms with van der Waals surface area (Å²) >= 11 is 1.98. The predicted molar refractivity (Wildman–Crippen MR) is 88.8 cm³/mol. The van der Waals surface area contributed by atoms with Gasteiger partial charge in [0.1, 0.15) is 17.5 Å². The Kier molecular flexibility index (Phi) is 5.95. The minimum absolute atomic E-state index is 0.561. The van der Waals surface area contributed by atoms with Crippen molar-refractivity contribution in [3.8, 4) is 0 Å². The van der Waals surface area contributed by atoms with E-state index in [0.717, 1.165) is 42.1 Å². The lowest BCUT2D eigenvalue weighted by atomic mass is 10.2. The number of rotatable bonds is 7. The first-order valence-electron chi connectivity index (χ1n) is 7.66. The highest BCUT2D eigenvalue weighted by Crippen LogP contribution is 2.30. The molecule has 1 aliphatic rings. The number of aryl methyl sites for hydroxylation is 1. The Balaban J connectivity index is 2.02. The highest BCUT2D eigenvalue weighted by Gasteiger charge is 2.24.